The van der Waals surface area contributed by atoms with Gasteiger partial charge in [-0.05, 0) is 18.8 Å². The summed E-state index contributed by atoms with van der Waals surface area (Å²) in [6, 6.07) is 0. The number of hydrogen-bond acceptors (Lipinski definition) is 9. The Morgan fingerprint density at radius 3 is 2.44 bits per heavy atom. The fourth-order valence-electron chi connectivity index (χ4n) is 3.84. The lowest BCUT2D eigenvalue weighted by Gasteiger charge is -2.38. The first-order chi connectivity index (χ1) is 14.9. The minimum Gasteiger partial charge on any atom is -0.393 e. The van der Waals surface area contributed by atoms with Gasteiger partial charge in [-0.25, -0.2) is 13.8 Å². The first kappa shape index (κ1) is 26.6. The maximum atomic E-state index is 14.7. The predicted octanol–water partition coefficient (Wildman–Crippen LogP) is 0.0505. The van der Waals surface area contributed by atoms with Crippen LogP contribution < -0.4 is 11.2 Å². The Labute approximate surface area is 184 Å². The summed E-state index contributed by atoms with van der Waals surface area (Å²) in [7, 11) is 0. The van der Waals surface area contributed by atoms with Crippen LogP contribution >= 0.6 is 0 Å². The second-order valence-electron chi connectivity index (χ2n) is 8.48. The molecule has 1 saturated heterocycles. The van der Waals surface area contributed by atoms with E-state index < -0.39 is 53.9 Å². The summed E-state index contributed by atoms with van der Waals surface area (Å²) in [5.41, 5.74) is -4.85. The number of H-pyrrole nitrogens is 1. The SMILES string of the molecule is CCCCCCCC(F)N(O)[C@@]1(O)[C@@H](CO)O[C@](O)(n2cc(C(C)C)c(=O)[nH]c2=O)[C@H]1O. The van der Waals surface area contributed by atoms with E-state index in [1.807, 2.05) is 11.9 Å². The van der Waals surface area contributed by atoms with Crippen LogP contribution in [-0.2, 0) is 10.6 Å². The van der Waals surface area contributed by atoms with Gasteiger partial charge in [0.2, 0.25) is 5.72 Å². The van der Waals surface area contributed by atoms with Crippen molar-refractivity contribution in [3.63, 3.8) is 0 Å². The number of ether oxygens (including phenoxy) is 1. The Balaban J connectivity index is 2.36. The van der Waals surface area contributed by atoms with Crippen LogP contribution in [0.4, 0.5) is 4.39 Å². The Bertz CT molecular complexity index is 877. The molecule has 11 nitrogen and oxygen atoms in total. The number of nitrogens with one attached hydrogen (secondary N) is 1. The third-order valence-corrected chi connectivity index (χ3v) is 5.83. The molecule has 1 fully saturated rings. The predicted molar refractivity (Wildman–Crippen MR) is 110 cm³/mol. The molecule has 5 atom stereocenters. The summed E-state index contributed by atoms with van der Waals surface area (Å²) >= 11 is 0. The molecular formula is C20H34FN3O8. The maximum absolute atomic E-state index is 14.7. The second-order valence-corrected chi connectivity index (χ2v) is 8.48. The molecule has 32 heavy (non-hydrogen) atoms. The number of hydrogen-bond donors (Lipinski definition) is 6. The minimum atomic E-state index is -3.02. The number of hydroxylamine groups is 2. The highest BCUT2D eigenvalue weighted by atomic mass is 19.1. The third kappa shape index (κ3) is 4.81. The molecule has 0 aromatic carbocycles. The quantitative estimate of drug-likeness (QED) is 0.115. The summed E-state index contributed by atoms with van der Waals surface area (Å²) in [6.07, 6.45) is -1.89. The van der Waals surface area contributed by atoms with Crippen LogP contribution in [0.25, 0.3) is 0 Å². The molecule has 1 aromatic rings. The molecule has 0 saturated carbocycles. The van der Waals surface area contributed by atoms with Crippen molar-refractivity contribution < 1.29 is 34.8 Å². The average Bonchev–Trinajstić information content (AvgIpc) is 2.94. The molecule has 1 unspecified atom stereocenters. The van der Waals surface area contributed by atoms with Gasteiger partial charge in [-0.15, -0.1) is 5.06 Å². The molecule has 1 aliphatic rings. The van der Waals surface area contributed by atoms with E-state index in [1.165, 1.54) is 0 Å². The number of aliphatic hydroxyl groups is 4. The molecule has 0 bridgehead atoms. The number of unbranched alkanes of at least 4 members (excludes halogenated alkanes) is 4. The number of nitrogens with zero attached hydrogens (tertiary/aromatic N) is 2. The van der Waals surface area contributed by atoms with E-state index >= 15 is 0 Å². The van der Waals surface area contributed by atoms with Gasteiger partial charge in [-0.1, -0.05) is 46.5 Å². The first-order valence-electron chi connectivity index (χ1n) is 10.8. The van der Waals surface area contributed by atoms with E-state index in [9.17, 15) is 39.6 Å². The molecule has 0 spiro atoms. The average molecular weight is 464 g/mol. The Hall–Kier alpha value is -1.67. The van der Waals surface area contributed by atoms with E-state index in [1.54, 1.807) is 13.8 Å². The Kier molecular flexibility index (Phi) is 8.73. The van der Waals surface area contributed by atoms with Crippen LogP contribution in [0.15, 0.2) is 15.8 Å². The number of halogens is 1. The fourth-order valence-corrected chi connectivity index (χ4v) is 3.84. The second kappa shape index (κ2) is 10.5. The van der Waals surface area contributed by atoms with Gasteiger partial charge in [0.05, 0.1) is 6.61 Å². The molecule has 1 aliphatic heterocycles. The zero-order valence-electron chi connectivity index (χ0n) is 18.6. The number of alkyl halides is 1. The molecular weight excluding hydrogens is 429 g/mol. The molecule has 2 rings (SSSR count). The number of aromatic amines is 1. The van der Waals surface area contributed by atoms with Crippen molar-refractivity contribution in [2.24, 2.45) is 0 Å². The highest BCUT2D eigenvalue weighted by molar-refractivity contribution is 5.12. The molecule has 2 heterocycles. The van der Waals surface area contributed by atoms with Crippen LogP contribution in [-0.4, -0.2) is 71.1 Å². The van der Waals surface area contributed by atoms with Crippen molar-refractivity contribution in [3.8, 4) is 0 Å². The molecule has 0 radical (unpaired) electrons. The van der Waals surface area contributed by atoms with E-state index in [-0.39, 0.29) is 17.0 Å². The lowest BCUT2D eigenvalue weighted by atomic mass is 9.99. The standard InChI is InChI=1S/C20H34FN3O8/c1-4-5-6-7-8-9-15(21)24(31)19(29)14(11-25)32-20(30,17(19)27)23-10-13(12(2)3)16(26)22-18(23)28/h10,12,14-15,17,25,27,29-31H,4-9,11H2,1-3H3,(H,22,26,28)/t14-,15?,17+,19-,20+/m1/s1. The molecule has 0 aliphatic carbocycles. The first-order valence-corrected chi connectivity index (χ1v) is 10.8. The summed E-state index contributed by atoms with van der Waals surface area (Å²) in [6.45, 7) is 4.28. The van der Waals surface area contributed by atoms with Crippen LogP contribution in [0.2, 0.25) is 0 Å². The highest BCUT2D eigenvalue weighted by Crippen LogP contribution is 2.42. The van der Waals surface area contributed by atoms with Gasteiger partial charge >= 0.3 is 5.69 Å². The third-order valence-electron chi connectivity index (χ3n) is 5.83. The number of aliphatic hydroxyl groups excluding tert-OH is 2. The smallest absolute Gasteiger partial charge is 0.332 e. The highest BCUT2D eigenvalue weighted by Gasteiger charge is 2.68. The normalized spacial score (nSPS) is 29.2. The summed E-state index contributed by atoms with van der Waals surface area (Å²) in [4.78, 5) is 26.3. The summed E-state index contributed by atoms with van der Waals surface area (Å²) in [5, 5.41) is 52.5. The maximum Gasteiger partial charge on any atom is 0.332 e. The van der Waals surface area contributed by atoms with E-state index in [2.05, 4.69) is 0 Å². The van der Waals surface area contributed by atoms with Gasteiger partial charge in [0, 0.05) is 11.8 Å². The van der Waals surface area contributed by atoms with Crippen molar-refractivity contribution in [1.29, 1.82) is 0 Å². The van der Waals surface area contributed by atoms with Crippen molar-refractivity contribution in [3.05, 3.63) is 32.6 Å². The molecule has 12 heteroatoms. The van der Waals surface area contributed by atoms with Crippen molar-refractivity contribution >= 4 is 0 Å². The molecule has 184 valence electrons. The van der Waals surface area contributed by atoms with Gasteiger partial charge in [-0.3, -0.25) is 9.78 Å². The summed E-state index contributed by atoms with van der Waals surface area (Å²) < 4.78 is 20.3. The monoisotopic (exact) mass is 463 g/mol. The Morgan fingerprint density at radius 1 is 1.25 bits per heavy atom. The van der Waals surface area contributed by atoms with Crippen LogP contribution in [0.3, 0.4) is 0 Å². The van der Waals surface area contributed by atoms with Crippen molar-refractivity contribution in [1.82, 2.24) is 14.6 Å². The van der Waals surface area contributed by atoms with Gasteiger partial charge in [-0.2, -0.15) is 0 Å². The van der Waals surface area contributed by atoms with E-state index in [0.29, 0.717) is 17.4 Å². The fraction of sp³-hybridized carbons (Fsp3) is 0.800. The zero-order chi connectivity index (χ0) is 24.3. The van der Waals surface area contributed by atoms with Gasteiger partial charge in [0.15, 0.2) is 12.4 Å². The Morgan fingerprint density at radius 2 is 1.88 bits per heavy atom. The van der Waals surface area contributed by atoms with Crippen molar-refractivity contribution in [2.45, 2.75) is 95.4 Å². The van der Waals surface area contributed by atoms with Gasteiger partial charge < -0.3 is 30.4 Å². The van der Waals surface area contributed by atoms with Gasteiger partial charge in [0.25, 0.3) is 11.5 Å². The minimum absolute atomic E-state index is 0.0566. The largest absolute Gasteiger partial charge is 0.393 e. The lowest BCUT2D eigenvalue weighted by Crippen LogP contribution is -2.65. The van der Waals surface area contributed by atoms with Gasteiger partial charge in [0.1, 0.15) is 6.10 Å². The van der Waals surface area contributed by atoms with E-state index in [4.69, 9.17) is 4.74 Å². The number of aromatic nitrogens is 2. The zero-order valence-corrected chi connectivity index (χ0v) is 18.6. The summed E-state index contributed by atoms with van der Waals surface area (Å²) in [5.74, 6) is -3.41. The lowest BCUT2D eigenvalue weighted by molar-refractivity contribution is -0.344. The molecule has 6 N–H and O–H groups in total. The van der Waals surface area contributed by atoms with E-state index in [0.717, 1.165) is 25.5 Å². The van der Waals surface area contributed by atoms with Crippen LogP contribution in [0.5, 0.6) is 0 Å². The molecule has 0 amide bonds. The molecule has 1 aromatic heterocycles. The van der Waals surface area contributed by atoms with Crippen LogP contribution in [0.1, 0.15) is 70.8 Å². The number of rotatable bonds is 11. The topological polar surface area (TPSA) is 168 Å². The van der Waals surface area contributed by atoms with Crippen LogP contribution in [0, 0.1) is 0 Å². The van der Waals surface area contributed by atoms with Crippen molar-refractivity contribution in [2.75, 3.05) is 6.61 Å².